The van der Waals surface area contributed by atoms with Crippen LogP contribution in [0.15, 0.2) is 0 Å². The van der Waals surface area contributed by atoms with E-state index in [9.17, 15) is 18.0 Å². The van der Waals surface area contributed by atoms with Crippen molar-refractivity contribution >= 4 is 61.2 Å². The first-order chi connectivity index (χ1) is 13.1. The van der Waals surface area contributed by atoms with Crippen LogP contribution in [0.4, 0.5) is 0 Å². The number of aldehydes is 1. The predicted molar refractivity (Wildman–Crippen MR) is 119 cm³/mol. The first kappa shape index (κ1) is 22.5. The molecule has 0 aromatic carbocycles. The molecule has 0 N–H and O–H groups in total. The van der Waals surface area contributed by atoms with Gasteiger partial charge in [-0.2, -0.15) is 5.10 Å². The minimum atomic E-state index is -3.53. The lowest BCUT2D eigenvalue weighted by Gasteiger charge is -2.35. The number of hydrogen-bond acceptors (Lipinski definition) is 7. The standard InChI is InChI=1S/C16H23IN3O5PS2/c1-15(2,10-25-27-26-17)28(23,24)16(5-6-16)9-20-7-4-11-12(8-21)18-19(3)13(11)14(20)22/h8,26H,4-7,9-10H2,1-3H3. The Morgan fingerprint density at radius 2 is 2.11 bits per heavy atom. The average molecular weight is 559 g/mol. The molecule has 12 heteroatoms. The molecule has 1 amide bonds. The molecule has 1 saturated carbocycles. The number of amides is 1. The molecular weight excluding hydrogens is 536 g/mol. The second-order valence-electron chi connectivity index (χ2n) is 7.80. The largest absolute Gasteiger partial charge is 0.335 e. The molecule has 3 rings (SSSR count). The van der Waals surface area contributed by atoms with E-state index in [1.165, 1.54) is 16.3 Å². The van der Waals surface area contributed by atoms with Gasteiger partial charge in [0.2, 0.25) is 0 Å². The number of sulfone groups is 1. The van der Waals surface area contributed by atoms with Crippen LogP contribution in [-0.2, 0) is 27.5 Å². The van der Waals surface area contributed by atoms with Crippen LogP contribution >= 0.6 is 39.1 Å². The van der Waals surface area contributed by atoms with Crippen LogP contribution in [0, 0.1) is 0 Å². The van der Waals surface area contributed by atoms with Gasteiger partial charge in [-0.15, -0.1) is 0 Å². The molecule has 8 nitrogen and oxygen atoms in total. The number of carbonyl (C=O) groups excluding carboxylic acids is 2. The lowest BCUT2D eigenvalue weighted by Crippen LogP contribution is -2.51. The minimum Gasteiger partial charge on any atom is -0.335 e. The number of fused-ring (bicyclic) bond motifs is 1. The zero-order valence-corrected chi connectivity index (χ0v) is 20.7. The number of halogens is 1. The second-order valence-corrected chi connectivity index (χ2v) is 16.3. The van der Waals surface area contributed by atoms with Crippen LogP contribution < -0.4 is 0 Å². The van der Waals surface area contributed by atoms with E-state index in [0.717, 1.165) is 0 Å². The Balaban J connectivity index is 1.80. The average Bonchev–Trinajstić information content (AvgIpc) is 3.35. The topological polar surface area (TPSA) is 98.6 Å². The summed E-state index contributed by atoms with van der Waals surface area (Å²) in [7, 11) is -1.90. The molecule has 0 radical (unpaired) electrons. The highest BCUT2D eigenvalue weighted by Crippen LogP contribution is 2.50. The molecular formula is C16H23IN3O5PS2. The van der Waals surface area contributed by atoms with Crippen LogP contribution in [0.2, 0.25) is 0 Å². The van der Waals surface area contributed by atoms with Gasteiger partial charge in [0.25, 0.3) is 5.91 Å². The van der Waals surface area contributed by atoms with E-state index in [2.05, 4.69) is 27.1 Å². The van der Waals surface area contributed by atoms with Crippen molar-refractivity contribution in [2.24, 2.45) is 7.05 Å². The van der Waals surface area contributed by atoms with Gasteiger partial charge >= 0.3 is 0 Å². The Hall–Kier alpha value is -0.230. The van der Waals surface area contributed by atoms with Crippen LogP contribution in [0.1, 0.15) is 53.2 Å². The minimum absolute atomic E-state index is 0.111. The summed E-state index contributed by atoms with van der Waals surface area (Å²) >= 11 is 3.44. The third kappa shape index (κ3) is 3.77. The molecule has 2 heterocycles. The molecule has 1 atom stereocenters. The number of nitrogens with zero attached hydrogens (tertiary/aromatic N) is 3. The highest BCUT2D eigenvalue weighted by molar-refractivity contribution is 14.2. The van der Waals surface area contributed by atoms with Gasteiger partial charge in [0, 0.05) is 42.8 Å². The molecule has 1 fully saturated rings. The second kappa shape index (κ2) is 8.13. The maximum absolute atomic E-state index is 13.4. The first-order valence-corrected chi connectivity index (χ1v) is 15.9. The summed E-state index contributed by atoms with van der Waals surface area (Å²) in [5, 5.41) is 4.10. The fourth-order valence-electron chi connectivity index (χ4n) is 3.70. The summed E-state index contributed by atoms with van der Waals surface area (Å²) in [6, 6.07) is 0. The molecule has 0 bridgehead atoms. The summed E-state index contributed by atoms with van der Waals surface area (Å²) in [5.74, 6) is -0.262. The van der Waals surface area contributed by atoms with Crippen molar-refractivity contribution in [1.29, 1.82) is 0 Å². The fraction of sp³-hybridized carbons (Fsp3) is 0.688. The maximum Gasteiger partial charge on any atom is 0.272 e. The normalized spacial score (nSPS) is 19.3. The fourth-order valence-corrected chi connectivity index (χ4v) is 7.98. The quantitative estimate of drug-likeness (QED) is 0.151. The lowest BCUT2D eigenvalue weighted by molar-refractivity contribution is 0.0724. The van der Waals surface area contributed by atoms with E-state index >= 15 is 0 Å². The van der Waals surface area contributed by atoms with Gasteiger partial charge in [0.1, 0.15) is 11.4 Å². The molecule has 2 aliphatic rings. The zero-order chi connectivity index (χ0) is 20.7. The summed E-state index contributed by atoms with van der Waals surface area (Å²) in [6.07, 6.45) is 2.24. The van der Waals surface area contributed by atoms with E-state index in [1.807, 2.05) is 0 Å². The predicted octanol–water partition coefficient (Wildman–Crippen LogP) is 2.57. The van der Waals surface area contributed by atoms with E-state index in [1.54, 1.807) is 25.8 Å². The molecule has 1 aromatic rings. The van der Waals surface area contributed by atoms with Crippen LogP contribution in [0.3, 0.4) is 0 Å². The molecule has 0 spiro atoms. The van der Waals surface area contributed by atoms with E-state index in [-0.39, 0.29) is 24.8 Å². The van der Waals surface area contributed by atoms with E-state index in [0.29, 0.717) is 48.8 Å². The summed E-state index contributed by atoms with van der Waals surface area (Å²) < 4.78 is 31.7. The van der Waals surface area contributed by atoms with Gasteiger partial charge in [-0.1, -0.05) is 0 Å². The smallest absolute Gasteiger partial charge is 0.272 e. The van der Waals surface area contributed by atoms with Crippen molar-refractivity contribution in [3.8, 4) is 0 Å². The molecule has 0 saturated heterocycles. The van der Waals surface area contributed by atoms with Gasteiger partial charge in [0.05, 0.1) is 16.1 Å². The number of aromatic nitrogens is 2. The third-order valence-electron chi connectivity index (χ3n) is 5.49. The van der Waals surface area contributed by atoms with Crippen LogP contribution in [0.25, 0.3) is 0 Å². The van der Waals surface area contributed by atoms with Crippen molar-refractivity contribution in [2.45, 2.75) is 42.6 Å². The monoisotopic (exact) mass is 559 g/mol. The van der Waals surface area contributed by atoms with Gasteiger partial charge in [-0.3, -0.25) is 14.3 Å². The Kier molecular flexibility index (Phi) is 6.52. The van der Waals surface area contributed by atoms with Crippen LogP contribution in [-0.4, -0.2) is 64.5 Å². The number of hydrogen-bond donors (Lipinski definition) is 0. The zero-order valence-electron chi connectivity index (χ0n) is 15.9. The molecule has 1 aromatic heterocycles. The van der Waals surface area contributed by atoms with Crippen molar-refractivity contribution < 1.29 is 22.2 Å². The van der Waals surface area contributed by atoms with Crippen molar-refractivity contribution in [1.82, 2.24) is 14.7 Å². The van der Waals surface area contributed by atoms with Crippen molar-refractivity contribution in [3.05, 3.63) is 17.0 Å². The van der Waals surface area contributed by atoms with Crippen LogP contribution in [0.5, 0.6) is 0 Å². The third-order valence-corrected chi connectivity index (χ3v) is 11.2. The molecule has 1 aliphatic heterocycles. The lowest BCUT2D eigenvalue weighted by atomic mass is 10.0. The van der Waals surface area contributed by atoms with Gasteiger partial charge < -0.3 is 9.08 Å². The summed E-state index contributed by atoms with van der Waals surface area (Å²) in [6.45, 7) is 4.04. The number of aryl methyl sites for hydroxylation is 1. The van der Waals surface area contributed by atoms with E-state index < -0.39 is 19.3 Å². The summed E-state index contributed by atoms with van der Waals surface area (Å²) in [4.78, 5) is 25.8. The highest BCUT2D eigenvalue weighted by Gasteiger charge is 2.61. The molecule has 1 unspecified atom stereocenters. The molecule has 28 heavy (non-hydrogen) atoms. The molecule has 1 aliphatic carbocycles. The first-order valence-electron chi connectivity index (χ1n) is 8.79. The van der Waals surface area contributed by atoms with Crippen molar-refractivity contribution in [3.63, 3.8) is 0 Å². The molecule has 156 valence electrons. The Morgan fingerprint density at radius 1 is 1.43 bits per heavy atom. The Morgan fingerprint density at radius 3 is 2.68 bits per heavy atom. The summed E-state index contributed by atoms with van der Waals surface area (Å²) in [5.41, 5.74) is 1.81. The highest BCUT2D eigenvalue weighted by atomic mass is 127. The Labute approximate surface area is 183 Å². The Bertz CT molecular complexity index is 898. The van der Waals surface area contributed by atoms with Gasteiger partial charge in [-0.25, -0.2) is 8.42 Å². The number of carbonyl (C=O) groups is 2. The van der Waals surface area contributed by atoms with E-state index in [4.69, 9.17) is 4.18 Å². The van der Waals surface area contributed by atoms with Crippen molar-refractivity contribution in [2.75, 3.05) is 19.7 Å². The SMILES string of the molecule is Cn1nc(C=O)c2c1C(=O)N(CC1(S(=O)(=O)C(C)(C)COSPI)CC1)CC2. The van der Waals surface area contributed by atoms with Gasteiger partial charge in [0.15, 0.2) is 16.1 Å². The maximum atomic E-state index is 13.4. The van der Waals surface area contributed by atoms with Gasteiger partial charge in [-0.05, 0) is 55.2 Å². The number of rotatable bonds is 9.